The summed E-state index contributed by atoms with van der Waals surface area (Å²) in [5.41, 5.74) is 3.61. The molecule has 0 bridgehead atoms. The van der Waals surface area contributed by atoms with Crippen LogP contribution in [0, 0.1) is 6.92 Å². The molecular formula is C30H40N4O. The van der Waals surface area contributed by atoms with Crippen LogP contribution in [0.3, 0.4) is 0 Å². The molecule has 0 amide bonds. The monoisotopic (exact) mass is 472 g/mol. The SMILES string of the molecule is CC.CCOC1C=C(/C=C/CN2CCC(n3ccc4ccccc43)CC2)C=CC1n1cnc(C)c1. The topological polar surface area (TPSA) is 35.2 Å². The Kier molecular flexibility index (Phi) is 8.78. The highest BCUT2D eigenvalue weighted by atomic mass is 16.5. The van der Waals surface area contributed by atoms with E-state index in [0.717, 1.165) is 25.3 Å². The molecule has 2 atom stereocenters. The molecule has 1 fully saturated rings. The van der Waals surface area contributed by atoms with Gasteiger partial charge in [0.05, 0.1) is 18.1 Å². The van der Waals surface area contributed by atoms with E-state index in [0.29, 0.717) is 12.6 Å². The number of aryl methyl sites for hydroxylation is 1. The van der Waals surface area contributed by atoms with E-state index in [4.69, 9.17) is 4.74 Å². The predicted molar refractivity (Wildman–Crippen MR) is 146 cm³/mol. The number of nitrogens with zero attached hydrogens (tertiary/aromatic N) is 4. The minimum Gasteiger partial charge on any atom is -0.372 e. The van der Waals surface area contributed by atoms with Crippen molar-refractivity contribution in [2.75, 3.05) is 26.2 Å². The highest BCUT2D eigenvalue weighted by molar-refractivity contribution is 5.80. The molecule has 0 saturated carbocycles. The van der Waals surface area contributed by atoms with Crippen molar-refractivity contribution in [2.24, 2.45) is 0 Å². The van der Waals surface area contributed by atoms with Gasteiger partial charge in [-0.3, -0.25) is 4.90 Å². The fraction of sp³-hybridized carbons (Fsp3) is 0.433. The number of fused-ring (bicyclic) bond motifs is 1. The molecule has 3 aromatic rings. The zero-order valence-electron chi connectivity index (χ0n) is 21.7. The maximum absolute atomic E-state index is 6.04. The highest BCUT2D eigenvalue weighted by Crippen LogP contribution is 2.28. The number of para-hydroxylation sites is 1. The molecule has 1 saturated heterocycles. The van der Waals surface area contributed by atoms with Crippen molar-refractivity contribution in [2.45, 2.75) is 58.7 Å². The van der Waals surface area contributed by atoms with Crippen LogP contribution in [0.2, 0.25) is 0 Å². The molecule has 1 aliphatic heterocycles. The van der Waals surface area contributed by atoms with Crippen molar-refractivity contribution >= 4 is 10.9 Å². The van der Waals surface area contributed by atoms with Crippen molar-refractivity contribution in [1.82, 2.24) is 19.0 Å². The fourth-order valence-electron chi connectivity index (χ4n) is 5.13. The van der Waals surface area contributed by atoms with E-state index in [9.17, 15) is 0 Å². The number of benzene rings is 1. The zero-order valence-corrected chi connectivity index (χ0v) is 21.7. The molecule has 0 N–H and O–H groups in total. The van der Waals surface area contributed by atoms with Crippen molar-refractivity contribution in [3.05, 3.63) is 90.7 Å². The smallest absolute Gasteiger partial charge is 0.101 e. The minimum absolute atomic E-state index is 0.0281. The minimum atomic E-state index is 0.0281. The third-order valence-corrected chi connectivity index (χ3v) is 6.87. The summed E-state index contributed by atoms with van der Waals surface area (Å²) in [6.07, 6.45) is 19.9. The zero-order chi connectivity index (χ0) is 24.6. The Morgan fingerprint density at radius 1 is 1.11 bits per heavy atom. The van der Waals surface area contributed by atoms with E-state index in [1.165, 1.54) is 29.3 Å². The lowest BCUT2D eigenvalue weighted by Gasteiger charge is -2.32. The number of likely N-dealkylation sites (tertiary alicyclic amines) is 1. The molecule has 5 heteroatoms. The van der Waals surface area contributed by atoms with Gasteiger partial charge in [-0.05, 0) is 55.9 Å². The van der Waals surface area contributed by atoms with Crippen LogP contribution < -0.4 is 0 Å². The van der Waals surface area contributed by atoms with Crippen LogP contribution in [0.4, 0.5) is 0 Å². The van der Waals surface area contributed by atoms with Gasteiger partial charge in [0.25, 0.3) is 0 Å². The number of imidazole rings is 1. The highest BCUT2D eigenvalue weighted by Gasteiger charge is 2.23. The molecule has 3 heterocycles. The van der Waals surface area contributed by atoms with Crippen LogP contribution in [0.5, 0.6) is 0 Å². The first-order chi connectivity index (χ1) is 17.2. The van der Waals surface area contributed by atoms with E-state index in [2.05, 4.69) is 99.0 Å². The molecule has 2 aliphatic rings. The first-order valence-corrected chi connectivity index (χ1v) is 13.2. The number of hydrogen-bond donors (Lipinski definition) is 0. The number of aromatic nitrogens is 3. The summed E-state index contributed by atoms with van der Waals surface area (Å²) in [5.74, 6) is 0. The molecule has 1 aliphatic carbocycles. The van der Waals surface area contributed by atoms with Gasteiger partial charge in [-0.25, -0.2) is 4.98 Å². The second kappa shape index (κ2) is 12.2. The lowest BCUT2D eigenvalue weighted by atomic mass is 9.99. The van der Waals surface area contributed by atoms with Crippen molar-refractivity contribution in [1.29, 1.82) is 0 Å². The number of ether oxygens (including phenoxy) is 1. The van der Waals surface area contributed by atoms with E-state index >= 15 is 0 Å². The summed E-state index contributed by atoms with van der Waals surface area (Å²) in [4.78, 5) is 6.93. The predicted octanol–water partition coefficient (Wildman–Crippen LogP) is 6.51. The van der Waals surface area contributed by atoms with Crippen LogP contribution in [0.25, 0.3) is 10.9 Å². The lowest BCUT2D eigenvalue weighted by Crippen LogP contribution is -2.34. The molecule has 0 spiro atoms. The molecule has 186 valence electrons. The van der Waals surface area contributed by atoms with Crippen LogP contribution in [0.15, 0.2) is 85.0 Å². The average Bonchev–Trinajstić information content (AvgIpc) is 3.53. The van der Waals surface area contributed by atoms with Gasteiger partial charge in [-0.15, -0.1) is 0 Å². The molecule has 35 heavy (non-hydrogen) atoms. The van der Waals surface area contributed by atoms with Gasteiger partial charge in [0, 0.05) is 50.2 Å². The summed E-state index contributed by atoms with van der Waals surface area (Å²) in [6, 6.07) is 11.7. The molecule has 5 rings (SSSR count). The van der Waals surface area contributed by atoms with Gasteiger partial charge in [-0.1, -0.05) is 56.4 Å². The van der Waals surface area contributed by atoms with Gasteiger partial charge in [-0.2, -0.15) is 0 Å². The molecule has 0 radical (unpaired) electrons. The van der Waals surface area contributed by atoms with E-state index in [-0.39, 0.29) is 12.1 Å². The Morgan fingerprint density at radius 3 is 2.66 bits per heavy atom. The van der Waals surface area contributed by atoms with Gasteiger partial charge < -0.3 is 13.9 Å². The summed E-state index contributed by atoms with van der Waals surface area (Å²) in [5, 5.41) is 1.34. The number of rotatable bonds is 7. The Balaban J connectivity index is 0.00000141. The van der Waals surface area contributed by atoms with E-state index in [1.807, 2.05) is 27.1 Å². The van der Waals surface area contributed by atoms with Gasteiger partial charge in [0.2, 0.25) is 0 Å². The van der Waals surface area contributed by atoms with Crippen LogP contribution in [0.1, 0.15) is 51.4 Å². The molecule has 2 aromatic heterocycles. The van der Waals surface area contributed by atoms with Crippen molar-refractivity contribution in [3.63, 3.8) is 0 Å². The quantitative estimate of drug-likeness (QED) is 0.393. The Bertz CT molecular complexity index is 1160. The first kappa shape index (κ1) is 25.2. The van der Waals surface area contributed by atoms with Gasteiger partial charge in [0.1, 0.15) is 6.10 Å². The van der Waals surface area contributed by atoms with Crippen molar-refractivity contribution in [3.8, 4) is 0 Å². The van der Waals surface area contributed by atoms with Gasteiger partial charge in [0.15, 0.2) is 0 Å². The fourth-order valence-corrected chi connectivity index (χ4v) is 5.13. The normalized spacial score (nSPS) is 21.3. The Morgan fingerprint density at radius 2 is 1.91 bits per heavy atom. The second-order valence-electron chi connectivity index (χ2n) is 9.11. The maximum atomic E-state index is 6.04. The Labute approximate surface area is 210 Å². The maximum Gasteiger partial charge on any atom is 0.101 e. The summed E-state index contributed by atoms with van der Waals surface area (Å²) in [7, 11) is 0. The van der Waals surface area contributed by atoms with Crippen LogP contribution in [-0.4, -0.2) is 51.4 Å². The number of hydrogen-bond acceptors (Lipinski definition) is 3. The van der Waals surface area contributed by atoms with Crippen LogP contribution >= 0.6 is 0 Å². The largest absolute Gasteiger partial charge is 0.372 e. The summed E-state index contributed by atoms with van der Waals surface area (Å²) in [6.45, 7) is 12.0. The van der Waals surface area contributed by atoms with E-state index in [1.54, 1.807) is 0 Å². The third-order valence-electron chi connectivity index (χ3n) is 6.87. The summed E-state index contributed by atoms with van der Waals surface area (Å²) < 4.78 is 10.7. The first-order valence-electron chi connectivity index (χ1n) is 13.2. The van der Waals surface area contributed by atoms with Crippen LogP contribution in [-0.2, 0) is 4.74 Å². The molecule has 5 nitrogen and oxygen atoms in total. The lowest BCUT2D eigenvalue weighted by molar-refractivity contribution is 0.0693. The molecule has 1 aromatic carbocycles. The summed E-state index contributed by atoms with van der Waals surface area (Å²) >= 11 is 0. The average molecular weight is 473 g/mol. The standard InChI is InChI=1S/C28H34N4O.C2H6/c1-3-33-28-19-23(10-11-27(28)31-20-22(2)29-21-31)7-6-15-30-16-13-25(14-17-30)32-18-12-24-8-4-5-9-26(24)32;1-2/h4-12,18-21,25,27-28H,3,13-17H2,1-2H3;1-2H3/b7-6+;. The number of piperidine rings is 1. The second-order valence-corrected chi connectivity index (χ2v) is 9.11. The Hall–Kier alpha value is -2.89. The molecule has 2 unspecified atom stereocenters. The van der Waals surface area contributed by atoms with Crippen molar-refractivity contribution < 1.29 is 4.74 Å². The third kappa shape index (κ3) is 6.03. The van der Waals surface area contributed by atoms with Gasteiger partial charge >= 0.3 is 0 Å². The molecular weight excluding hydrogens is 432 g/mol. The van der Waals surface area contributed by atoms with E-state index < -0.39 is 0 Å². The number of allylic oxidation sites excluding steroid dienone is 3.